The van der Waals surface area contributed by atoms with Crippen LogP contribution in [0, 0.1) is 12.3 Å². The summed E-state index contributed by atoms with van der Waals surface area (Å²) in [6.07, 6.45) is 2.72. The second-order valence-electron chi connectivity index (χ2n) is 24.0. The van der Waals surface area contributed by atoms with Crippen LogP contribution in [0.4, 0.5) is 0 Å². The van der Waals surface area contributed by atoms with Gasteiger partial charge >= 0.3 is 0 Å². The molecule has 364 valence electrons. The monoisotopic (exact) mass is 950 g/mol. The van der Waals surface area contributed by atoms with Crippen molar-refractivity contribution in [2.24, 2.45) is 5.41 Å². The van der Waals surface area contributed by atoms with Gasteiger partial charge in [-0.1, -0.05) is 168 Å². The molecule has 4 aromatic heterocycles. The molecule has 0 radical (unpaired) electrons. The number of aryl methyl sites for hydroxylation is 1. The Balaban J connectivity index is 1.25. The first-order valence-electron chi connectivity index (χ1n) is 25.3. The van der Waals surface area contributed by atoms with Crippen molar-refractivity contribution in [2.75, 3.05) is 0 Å². The molecular formula is C66H67N3O3. The van der Waals surface area contributed by atoms with Crippen LogP contribution in [0.3, 0.4) is 0 Å². The molecule has 10 rings (SSSR count). The van der Waals surface area contributed by atoms with E-state index in [1.165, 1.54) is 5.56 Å². The average Bonchev–Trinajstić information content (AvgIpc) is 4.01. The molecule has 0 saturated heterocycles. The predicted molar refractivity (Wildman–Crippen MR) is 299 cm³/mol. The quantitative estimate of drug-likeness (QED) is 0.164. The number of fused-ring (bicyclic) bond motifs is 2. The number of aromatic nitrogens is 3. The van der Waals surface area contributed by atoms with E-state index < -0.39 is 0 Å². The lowest BCUT2D eigenvalue weighted by Crippen LogP contribution is -2.17. The summed E-state index contributed by atoms with van der Waals surface area (Å²) in [5.74, 6) is 2.58. The summed E-state index contributed by atoms with van der Waals surface area (Å²) in [4.78, 5) is 10.7. The first-order chi connectivity index (χ1) is 34.0. The van der Waals surface area contributed by atoms with Gasteiger partial charge in [0.2, 0.25) is 0 Å². The SMILES string of the molecule is Cc1c(-c2ccc(-n3c(-c4cc(C(C)(C)C)cc(C(C)(C)C)c4O)nc4c(-c5cc(-c6cc(-c7ccccc7)ccn6)cc(C(C)(C)C)c5)cccc43)c(-c3ccccc3)c2)oc2cc(CC(C)(C)C)oc12. The number of nitrogens with zero attached hydrogens (tertiary/aromatic N) is 3. The van der Waals surface area contributed by atoms with Gasteiger partial charge in [0.05, 0.1) is 28.0 Å². The summed E-state index contributed by atoms with van der Waals surface area (Å²) in [5.41, 5.74) is 17.5. The van der Waals surface area contributed by atoms with Gasteiger partial charge in [-0.25, -0.2) is 4.98 Å². The predicted octanol–water partition coefficient (Wildman–Crippen LogP) is 18.3. The van der Waals surface area contributed by atoms with Crippen molar-refractivity contribution in [3.8, 4) is 78.8 Å². The van der Waals surface area contributed by atoms with Crippen molar-refractivity contribution in [1.29, 1.82) is 0 Å². The molecule has 0 amide bonds. The van der Waals surface area contributed by atoms with Crippen LogP contribution in [0.15, 0.2) is 161 Å². The second kappa shape index (κ2) is 17.7. The summed E-state index contributed by atoms with van der Waals surface area (Å²) in [5, 5.41) is 12.7. The van der Waals surface area contributed by atoms with E-state index in [9.17, 15) is 5.11 Å². The number of aromatic hydroxyl groups is 1. The van der Waals surface area contributed by atoms with E-state index in [2.05, 4.69) is 228 Å². The van der Waals surface area contributed by atoms with Gasteiger partial charge in [0, 0.05) is 52.1 Å². The third kappa shape index (κ3) is 9.20. The highest BCUT2D eigenvalue weighted by atomic mass is 16.4. The molecule has 0 aliphatic rings. The Morgan fingerprint density at radius 2 is 1.19 bits per heavy atom. The van der Waals surface area contributed by atoms with Crippen LogP contribution in [0.2, 0.25) is 0 Å². The Morgan fingerprint density at radius 1 is 0.528 bits per heavy atom. The van der Waals surface area contributed by atoms with Gasteiger partial charge in [-0.3, -0.25) is 9.55 Å². The minimum atomic E-state index is -0.359. The van der Waals surface area contributed by atoms with Crippen molar-refractivity contribution in [1.82, 2.24) is 14.5 Å². The molecule has 0 spiro atoms. The number of para-hydroxylation sites is 1. The standard InChI is InChI=1S/C66H67N3O3/c1-40-60(72-57-38-49(71-61(40)57)39-63(2,3)4)44-27-28-55(51(34-44)42-23-18-15-19-24-42)69-56-26-20-25-50(58(56)68-62(69)52-36-48(65(8,9)10)37-53(59(52)70)66(11,12)13)45-31-46(33-47(32-45)64(5,6)7)54-35-43(29-30-67-54)41-21-16-14-17-22-41/h14-38,70H,39H2,1-13H3. The Hall–Kier alpha value is -7.44. The Morgan fingerprint density at radius 3 is 1.85 bits per heavy atom. The fourth-order valence-corrected chi connectivity index (χ4v) is 9.98. The molecule has 0 unspecified atom stereocenters. The van der Waals surface area contributed by atoms with Crippen molar-refractivity contribution in [3.63, 3.8) is 0 Å². The lowest BCUT2D eigenvalue weighted by atomic mass is 9.79. The third-order valence-electron chi connectivity index (χ3n) is 13.9. The normalized spacial score (nSPS) is 12.6. The minimum Gasteiger partial charge on any atom is -0.507 e. The molecule has 0 aliphatic carbocycles. The molecule has 10 aromatic rings. The van der Waals surface area contributed by atoms with Gasteiger partial charge in [0.1, 0.15) is 23.1 Å². The van der Waals surface area contributed by atoms with E-state index in [0.717, 1.165) is 113 Å². The summed E-state index contributed by atoms with van der Waals surface area (Å²) < 4.78 is 15.4. The zero-order valence-electron chi connectivity index (χ0n) is 44.2. The molecule has 6 aromatic carbocycles. The highest BCUT2D eigenvalue weighted by molar-refractivity contribution is 5.98. The maximum absolute atomic E-state index is 12.7. The summed E-state index contributed by atoms with van der Waals surface area (Å²) in [6.45, 7) is 28.7. The van der Waals surface area contributed by atoms with Crippen LogP contribution in [0.1, 0.15) is 111 Å². The van der Waals surface area contributed by atoms with Gasteiger partial charge in [0.25, 0.3) is 0 Å². The number of furan rings is 2. The summed E-state index contributed by atoms with van der Waals surface area (Å²) in [7, 11) is 0. The first-order valence-corrected chi connectivity index (χ1v) is 25.3. The Labute approximate surface area is 425 Å². The number of hydrogen-bond acceptors (Lipinski definition) is 5. The molecule has 0 bridgehead atoms. The number of phenolic OH excluding ortho intramolecular Hbond substituents is 1. The van der Waals surface area contributed by atoms with Gasteiger partial charge in [-0.05, 0) is 117 Å². The maximum atomic E-state index is 12.7. The van der Waals surface area contributed by atoms with Gasteiger partial charge < -0.3 is 13.9 Å². The van der Waals surface area contributed by atoms with E-state index in [1.807, 2.05) is 18.3 Å². The smallest absolute Gasteiger partial charge is 0.176 e. The largest absolute Gasteiger partial charge is 0.507 e. The van der Waals surface area contributed by atoms with Crippen molar-refractivity contribution in [2.45, 2.75) is 113 Å². The van der Waals surface area contributed by atoms with Crippen LogP contribution >= 0.6 is 0 Å². The lowest BCUT2D eigenvalue weighted by Gasteiger charge is -2.27. The molecule has 0 aliphatic heterocycles. The fourth-order valence-electron chi connectivity index (χ4n) is 9.98. The van der Waals surface area contributed by atoms with E-state index in [4.69, 9.17) is 18.8 Å². The summed E-state index contributed by atoms with van der Waals surface area (Å²) in [6, 6.07) is 51.5. The molecule has 0 atom stereocenters. The topological polar surface area (TPSA) is 77.2 Å². The molecule has 4 heterocycles. The van der Waals surface area contributed by atoms with Crippen LogP contribution in [0.5, 0.6) is 5.75 Å². The van der Waals surface area contributed by atoms with Crippen LogP contribution in [-0.2, 0) is 22.7 Å². The lowest BCUT2D eigenvalue weighted by molar-refractivity contribution is 0.370. The van der Waals surface area contributed by atoms with Crippen molar-refractivity contribution < 1.29 is 13.9 Å². The molecular weight excluding hydrogens is 883 g/mol. The van der Waals surface area contributed by atoms with Crippen molar-refractivity contribution >= 4 is 22.2 Å². The molecule has 0 saturated carbocycles. The van der Waals surface area contributed by atoms with E-state index in [0.29, 0.717) is 11.4 Å². The summed E-state index contributed by atoms with van der Waals surface area (Å²) >= 11 is 0. The number of phenols is 1. The highest BCUT2D eigenvalue weighted by Crippen LogP contribution is 2.47. The number of pyridine rings is 1. The van der Waals surface area contributed by atoms with E-state index in [-0.39, 0.29) is 27.4 Å². The molecule has 72 heavy (non-hydrogen) atoms. The van der Waals surface area contributed by atoms with Crippen LogP contribution < -0.4 is 0 Å². The molecule has 6 heteroatoms. The number of imidazole rings is 1. The zero-order chi connectivity index (χ0) is 51.1. The third-order valence-corrected chi connectivity index (χ3v) is 13.9. The Kier molecular flexibility index (Phi) is 11.8. The molecule has 0 fully saturated rings. The van der Waals surface area contributed by atoms with Gasteiger partial charge in [0.15, 0.2) is 11.2 Å². The highest BCUT2D eigenvalue weighted by Gasteiger charge is 2.30. The zero-order valence-corrected chi connectivity index (χ0v) is 44.2. The average molecular weight is 950 g/mol. The maximum Gasteiger partial charge on any atom is 0.176 e. The van der Waals surface area contributed by atoms with E-state index in [1.54, 1.807) is 0 Å². The molecule has 6 nitrogen and oxygen atoms in total. The fraction of sp³-hybridized carbons (Fsp3) is 0.273. The Bertz CT molecular complexity index is 3650. The van der Waals surface area contributed by atoms with E-state index >= 15 is 0 Å². The van der Waals surface area contributed by atoms with Crippen LogP contribution in [-0.4, -0.2) is 19.6 Å². The van der Waals surface area contributed by atoms with Crippen LogP contribution in [0.25, 0.3) is 95.2 Å². The first kappa shape index (κ1) is 48.2. The minimum absolute atomic E-state index is 0.0784. The van der Waals surface area contributed by atoms with Gasteiger partial charge in [-0.15, -0.1) is 0 Å². The number of benzene rings is 6. The van der Waals surface area contributed by atoms with Crippen molar-refractivity contribution in [3.05, 3.63) is 180 Å². The second-order valence-corrected chi connectivity index (χ2v) is 24.0. The number of rotatable bonds is 8. The van der Waals surface area contributed by atoms with Gasteiger partial charge in [-0.2, -0.15) is 0 Å². The molecule has 1 N–H and O–H groups in total. The number of hydrogen-bond donors (Lipinski definition) is 1.